The minimum Gasteiger partial charge on any atom is -0.494 e. The Labute approximate surface area is 159 Å². The van der Waals surface area contributed by atoms with Crippen molar-refractivity contribution in [3.8, 4) is 5.75 Å². The van der Waals surface area contributed by atoms with E-state index in [1.807, 2.05) is 0 Å². The van der Waals surface area contributed by atoms with Gasteiger partial charge in [0.2, 0.25) is 5.95 Å². The van der Waals surface area contributed by atoms with Crippen LogP contribution in [-0.2, 0) is 6.54 Å². The Bertz CT molecular complexity index is 993. The number of hydrogen-bond acceptors (Lipinski definition) is 6. The van der Waals surface area contributed by atoms with Crippen molar-refractivity contribution in [3.05, 3.63) is 42.0 Å². The lowest BCUT2D eigenvalue weighted by Crippen LogP contribution is -2.50. The Morgan fingerprint density at radius 1 is 1.25 bits per heavy atom. The highest BCUT2D eigenvalue weighted by atomic mass is 19.1. The van der Waals surface area contributed by atoms with E-state index in [-0.39, 0.29) is 30.5 Å². The van der Waals surface area contributed by atoms with Gasteiger partial charge in [0, 0.05) is 25.2 Å². The molecule has 28 heavy (non-hydrogen) atoms. The lowest BCUT2D eigenvalue weighted by Gasteiger charge is -2.34. The van der Waals surface area contributed by atoms with Gasteiger partial charge in [-0.15, -0.1) is 0 Å². The van der Waals surface area contributed by atoms with Crippen LogP contribution >= 0.6 is 0 Å². The first kappa shape index (κ1) is 18.5. The fraction of sp³-hybridized carbons (Fsp3) is 0.389. The van der Waals surface area contributed by atoms with Crippen LogP contribution in [0.5, 0.6) is 5.75 Å². The van der Waals surface area contributed by atoms with Crippen molar-refractivity contribution in [1.82, 2.24) is 19.5 Å². The molecule has 0 radical (unpaired) electrons. The number of fused-ring (bicyclic) bond motifs is 1. The van der Waals surface area contributed by atoms with E-state index in [1.165, 1.54) is 25.6 Å². The van der Waals surface area contributed by atoms with Crippen LogP contribution in [0.3, 0.4) is 0 Å². The first-order valence-corrected chi connectivity index (χ1v) is 8.81. The Hall–Kier alpha value is -2.88. The molecule has 1 aromatic carbocycles. The molecule has 2 unspecified atom stereocenters. The van der Waals surface area contributed by atoms with Gasteiger partial charge in [0.25, 0.3) is 0 Å². The molecule has 0 spiro atoms. The fourth-order valence-electron chi connectivity index (χ4n) is 3.34. The second kappa shape index (κ2) is 7.27. The summed E-state index contributed by atoms with van der Waals surface area (Å²) in [5, 5.41) is 0. The predicted molar refractivity (Wildman–Crippen MR) is 97.0 cm³/mol. The van der Waals surface area contributed by atoms with E-state index in [0.29, 0.717) is 24.1 Å². The van der Waals surface area contributed by atoms with Gasteiger partial charge < -0.3 is 19.9 Å². The van der Waals surface area contributed by atoms with Crippen LogP contribution in [-0.4, -0.2) is 51.9 Å². The van der Waals surface area contributed by atoms with Gasteiger partial charge in [-0.3, -0.25) is 0 Å². The number of hydrogen-bond donors (Lipinski definition) is 1. The number of halogens is 3. The topological polar surface area (TPSA) is 82.1 Å². The van der Waals surface area contributed by atoms with E-state index < -0.39 is 23.8 Å². The van der Waals surface area contributed by atoms with Crippen molar-refractivity contribution < 1.29 is 17.9 Å². The van der Waals surface area contributed by atoms with Crippen LogP contribution in [0, 0.1) is 11.6 Å². The van der Waals surface area contributed by atoms with Crippen LogP contribution in [0.4, 0.5) is 19.1 Å². The van der Waals surface area contributed by atoms with Crippen molar-refractivity contribution >= 4 is 17.0 Å². The highest BCUT2D eigenvalue weighted by molar-refractivity contribution is 5.80. The van der Waals surface area contributed by atoms with Gasteiger partial charge in [-0.05, 0) is 6.42 Å². The SMILES string of the molecule is COc1cnc(Cn2c(N3CCC(F)C(N)C3)nc3c(F)cc(F)cc32)nc1. The molecule has 10 heteroatoms. The van der Waals surface area contributed by atoms with Crippen molar-refractivity contribution in [2.24, 2.45) is 5.73 Å². The number of nitrogens with two attached hydrogens (primary N) is 1. The third-order valence-corrected chi connectivity index (χ3v) is 4.82. The Morgan fingerprint density at radius 2 is 2.00 bits per heavy atom. The van der Waals surface area contributed by atoms with Crippen LogP contribution < -0.4 is 15.4 Å². The van der Waals surface area contributed by atoms with E-state index in [0.717, 1.165) is 6.07 Å². The summed E-state index contributed by atoms with van der Waals surface area (Å²) in [4.78, 5) is 14.6. The van der Waals surface area contributed by atoms with Crippen molar-refractivity contribution in [2.75, 3.05) is 25.1 Å². The molecule has 1 aliphatic rings. The normalized spacial score (nSPS) is 20.0. The molecule has 2 aromatic heterocycles. The van der Waals surface area contributed by atoms with Crippen molar-refractivity contribution in [3.63, 3.8) is 0 Å². The first-order chi connectivity index (χ1) is 13.5. The molecule has 2 N–H and O–H groups in total. The number of alkyl halides is 1. The van der Waals surface area contributed by atoms with Gasteiger partial charge in [-0.25, -0.2) is 28.1 Å². The number of piperidine rings is 1. The number of imidazole rings is 1. The van der Waals surface area contributed by atoms with Gasteiger partial charge in [0.05, 0.1) is 37.6 Å². The third-order valence-electron chi connectivity index (χ3n) is 4.82. The van der Waals surface area contributed by atoms with E-state index in [9.17, 15) is 13.2 Å². The van der Waals surface area contributed by atoms with Gasteiger partial charge in [-0.2, -0.15) is 0 Å². The van der Waals surface area contributed by atoms with Crippen LogP contribution in [0.15, 0.2) is 24.5 Å². The zero-order valence-corrected chi connectivity index (χ0v) is 15.1. The maximum Gasteiger partial charge on any atom is 0.207 e. The van der Waals surface area contributed by atoms with Crippen molar-refractivity contribution in [1.29, 1.82) is 0 Å². The quantitative estimate of drug-likeness (QED) is 0.732. The van der Waals surface area contributed by atoms with Crippen molar-refractivity contribution in [2.45, 2.75) is 25.2 Å². The first-order valence-electron chi connectivity index (χ1n) is 8.81. The molecular weight excluding hydrogens is 373 g/mol. The maximum atomic E-state index is 14.3. The molecule has 148 valence electrons. The summed E-state index contributed by atoms with van der Waals surface area (Å²) in [6.45, 7) is 0.716. The number of nitrogens with zero attached hydrogens (tertiary/aromatic N) is 5. The second-order valence-corrected chi connectivity index (χ2v) is 6.71. The summed E-state index contributed by atoms with van der Waals surface area (Å²) in [5.74, 6) is -0.202. The highest BCUT2D eigenvalue weighted by Crippen LogP contribution is 2.28. The molecule has 3 heterocycles. The summed E-state index contributed by atoms with van der Waals surface area (Å²) in [6.07, 6.45) is 2.15. The van der Waals surface area contributed by atoms with Gasteiger partial charge in [-0.1, -0.05) is 0 Å². The Balaban J connectivity index is 1.79. The number of benzene rings is 1. The van der Waals surface area contributed by atoms with E-state index >= 15 is 0 Å². The molecular formula is C18H19F3N6O. The molecule has 7 nitrogen and oxygen atoms in total. The number of ether oxygens (including phenoxy) is 1. The van der Waals surface area contributed by atoms with Gasteiger partial charge in [0.1, 0.15) is 23.3 Å². The Morgan fingerprint density at radius 3 is 2.68 bits per heavy atom. The highest BCUT2D eigenvalue weighted by Gasteiger charge is 2.30. The molecule has 1 saturated heterocycles. The minimum absolute atomic E-state index is 0.0286. The van der Waals surface area contributed by atoms with E-state index in [1.54, 1.807) is 9.47 Å². The standard InChI is InChI=1S/C18H19F3N6O/c1-28-11-6-23-16(24-7-11)9-27-15-5-10(19)4-13(21)17(15)25-18(27)26-3-2-12(20)14(22)8-26/h4-7,12,14H,2-3,8-9,22H2,1H3. The predicted octanol–water partition coefficient (Wildman–Crippen LogP) is 2.04. The van der Waals surface area contributed by atoms with Gasteiger partial charge >= 0.3 is 0 Å². The molecule has 0 bridgehead atoms. The van der Waals surface area contributed by atoms with Gasteiger partial charge in [0.15, 0.2) is 11.6 Å². The fourth-order valence-corrected chi connectivity index (χ4v) is 3.34. The Kier molecular flexibility index (Phi) is 4.80. The van der Waals surface area contributed by atoms with Crippen LogP contribution in [0.2, 0.25) is 0 Å². The monoisotopic (exact) mass is 392 g/mol. The minimum atomic E-state index is -1.10. The maximum absolute atomic E-state index is 14.3. The lowest BCUT2D eigenvalue weighted by atomic mass is 10.1. The largest absolute Gasteiger partial charge is 0.494 e. The molecule has 0 aliphatic carbocycles. The molecule has 2 atom stereocenters. The lowest BCUT2D eigenvalue weighted by molar-refractivity contribution is 0.243. The summed E-state index contributed by atoms with van der Waals surface area (Å²) in [5.41, 5.74) is 6.16. The summed E-state index contributed by atoms with van der Waals surface area (Å²) >= 11 is 0. The zero-order chi connectivity index (χ0) is 19.8. The number of anilines is 1. The van der Waals surface area contributed by atoms with E-state index in [4.69, 9.17) is 10.5 Å². The molecule has 1 aliphatic heterocycles. The molecule has 3 aromatic rings. The van der Waals surface area contributed by atoms with Crippen LogP contribution in [0.25, 0.3) is 11.0 Å². The van der Waals surface area contributed by atoms with Crippen LogP contribution in [0.1, 0.15) is 12.2 Å². The molecule has 0 amide bonds. The number of aromatic nitrogens is 4. The molecule has 0 saturated carbocycles. The average molecular weight is 392 g/mol. The smallest absolute Gasteiger partial charge is 0.207 e. The average Bonchev–Trinajstić information content (AvgIpc) is 3.03. The molecule has 4 rings (SSSR count). The molecule has 1 fully saturated rings. The van der Waals surface area contributed by atoms with E-state index in [2.05, 4.69) is 15.0 Å². The summed E-state index contributed by atoms with van der Waals surface area (Å²) in [6, 6.07) is 1.31. The summed E-state index contributed by atoms with van der Waals surface area (Å²) < 4.78 is 48.6. The summed E-state index contributed by atoms with van der Waals surface area (Å²) in [7, 11) is 1.50. The number of rotatable bonds is 4. The zero-order valence-electron chi connectivity index (χ0n) is 15.1. The third kappa shape index (κ3) is 3.35. The second-order valence-electron chi connectivity index (χ2n) is 6.71. The number of methoxy groups -OCH3 is 1.